The number of hydrogen-bond donors (Lipinski definition) is 2. The van der Waals surface area contributed by atoms with Crippen LogP contribution >= 0.6 is 11.6 Å². The Bertz CT molecular complexity index is 1060. The number of sulfonamides is 1. The Balaban J connectivity index is 1.69. The second-order valence-electron chi connectivity index (χ2n) is 6.10. The lowest BCUT2D eigenvalue weighted by molar-refractivity contribution is 0.0954. The van der Waals surface area contributed by atoms with Gasteiger partial charge in [-0.3, -0.25) is 9.52 Å². The van der Waals surface area contributed by atoms with E-state index in [2.05, 4.69) is 10.0 Å². The summed E-state index contributed by atoms with van der Waals surface area (Å²) in [5.74, 6) is -0.298. The Labute approximate surface area is 169 Å². The SMILES string of the molecule is O=C(NCCc1ccccc1)c1ccc(Cl)c(NS(=O)(=O)c2ccccc2)c1. The van der Waals surface area contributed by atoms with E-state index in [0.717, 1.165) is 5.56 Å². The van der Waals surface area contributed by atoms with Gasteiger partial charge in [0.05, 0.1) is 15.6 Å². The van der Waals surface area contributed by atoms with Gasteiger partial charge < -0.3 is 5.32 Å². The minimum atomic E-state index is -3.80. The molecule has 0 aliphatic heterocycles. The predicted molar refractivity (Wildman–Crippen MR) is 111 cm³/mol. The molecule has 0 bridgehead atoms. The molecule has 2 N–H and O–H groups in total. The maximum absolute atomic E-state index is 12.5. The second kappa shape index (κ2) is 8.91. The smallest absolute Gasteiger partial charge is 0.261 e. The van der Waals surface area contributed by atoms with Gasteiger partial charge in [0.1, 0.15) is 0 Å². The zero-order chi connectivity index (χ0) is 20.0. The molecule has 0 heterocycles. The van der Waals surface area contributed by atoms with Gasteiger partial charge in [-0.25, -0.2) is 8.42 Å². The molecular formula is C21H19ClN2O3S. The monoisotopic (exact) mass is 414 g/mol. The lowest BCUT2D eigenvalue weighted by Gasteiger charge is -2.12. The van der Waals surface area contributed by atoms with Crippen molar-refractivity contribution in [2.24, 2.45) is 0 Å². The highest BCUT2D eigenvalue weighted by Crippen LogP contribution is 2.26. The van der Waals surface area contributed by atoms with Crippen LogP contribution in [0.5, 0.6) is 0 Å². The van der Waals surface area contributed by atoms with Crippen LogP contribution in [-0.4, -0.2) is 20.9 Å². The minimum Gasteiger partial charge on any atom is -0.352 e. The summed E-state index contributed by atoms with van der Waals surface area (Å²) in [5.41, 5.74) is 1.60. The third kappa shape index (κ3) is 5.12. The maximum atomic E-state index is 12.5. The summed E-state index contributed by atoms with van der Waals surface area (Å²) < 4.78 is 27.4. The first kappa shape index (κ1) is 19.9. The average molecular weight is 415 g/mol. The highest BCUT2D eigenvalue weighted by Gasteiger charge is 2.17. The van der Waals surface area contributed by atoms with Crippen LogP contribution in [0.25, 0.3) is 0 Å². The van der Waals surface area contributed by atoms with Crippen LogP contribution in [0.15, 0.2) is 83.8 Å². The second-order valence-corrected chi connectivity index (χ2v) is 8.19. The van der Waals surface area contributed by atoms with E-state index in [1.807, 2.05) is 30.3 Å². The van der Waals surface area contributed by atoms with E-state index in [1.54, 1.807) is 24.3 Å². The molecule has 3 aromatic carbocycles. The molecule has 28 heavy (non-hydrogen) atoms. The zero-order valence-corrected chi connectivity index (χ0v) is 16.5. The number of nitrogens with one attached hydrogen (secondary N) is 2. The molecule has 0 atom stereocenters. The van der Waals surface area contributed by atoms with Crippen molar-refractivity contribution in [3.8, 4) is 0 Å². The quantitative estimate of drug-likeness (QED) is 0.610. The van der Waals surface area contributed by atoms with Crippen molar-refractivity contribution in [1.82, 2.24) is 5.32 Å². The van der Waals surface area contributed by atoms with Gasteiger partial charge in [0.25, 0.3) is 15.9 Å². The van der Waals surface area contributed by atoms with Crippen LogP contribution in [0.2, 0.25) is 5.02 Å². The van der Waals surface area contributed by atoms with Crippen molar-refractivity contribution in [2.45, 2.75) is 11.3 Å². The summed E-state index contributed by atoms with van der Waals surface area (Å²) in [6.45, 7) is 0.469. The van der Waals surface area contributed by atoms with Gasteiger partial charge in [-0.1, -0.05) is 60.1 Å². The van der Waals surface area contributed by atoms with Crippen molar-refractivity contribution in [3.63, 3.8) is 0 Å². The molecule has 0 aliphatic rings. The van der Waals surface area contributed by atoms with E-state index in [0.29, 0.717) is 18.5 Å². The number of hydrogen-bond acceptors (Lipinski definition) is 3. The lowest BCUT2D eigenvalue weighted by atomic mass is 10.1. The fourth-order valence-electron chi connectivity index (χ4n) is 2.62. The first-order chi connectivity index (χ1) is 13.5. The molecule has 1 amide bonds. The Morgan fingerprint density at radius 2 is 1.54 bits per heavy atom. The van der Waals surface area contributed by atoms with Crippen LogP contribution in [-0.2, 0) is 16.4 Å². The van der Waals surface area contributed by atoms with E-state index >= 15 is 0 Å². The van der Waals surface area contributed by atoms with E-state index in [-0.39, 0.29) is 21.5 Å². The number of carbonyl (C=O) groups excluding carboxylic acids is 1. The van der Waals surface area contributed by atoms with E-state index in [4.69, 9.17) is 11.6 Å². The summed E-state index contributed by atoms with van der Waals surface area (Å²) >= 11 is 6.12. The fraction of sp³-hybridized carbons (Fsp3) is 0.0952. The van der Waals surface area contributed by atoms with Crippen molar-refractivity contribution in [3.05, 3.63) is 95.0 Å². The van der Waals surface area contributed by atoms with Crippen LogP contribution in [0.4, 0.5) is 5.69 Å². The maximum Gasteiger partial charge on any atom is 0.261 e. The molecule has 0 saturated heterocycles. The third-order valence-electron chi connectivity index (χ3n) is 4.07. The minimum absolute atomic E-state index is 0.115. The van der Waals surface area contributed by atoms with Gasteiger partial charge in [-0.15, -0.1) is 0 Å². The summed E-state index contributed by atoms with van der Waals surface area (Å²) in [6, 6.07) is 22.3. The molecule has 0 fully saturated rings. The number of halogens is 1. The lowest BCUT2D eigenvalue weighted by Crippen LogP contribution is -2.25. The molecule has 0 saturated carbocycles. The first-order valence-electron chi connectivity index (χ1n) is 8.65. The molecule has 0 unspecified atom stereocenters. The first-order valence-corrected chi connectivity index (χ1v) is 10.5. The molecule has 3 rings (SSSR count). The van der Waals surface area contributed by atoms with Gasteiger partial charge in [-0.05, 0) is 42.3 Å². The van der Waals surface area contributed by atoms with E-state index < -0.39 is 10.0 Å². The number of anilines is 1. The number of carbonyl (C=O) groups is 1. The summed E-state index contributed by atoms with van der Waals surface area (Å²) in [4.78, 5) is 12.5. The van der Waals surface area contributed by atoms with Gasteiger partial charge in [-0.2, -0.15) is 0 Å². The van der Waals surface area contributed by atoms with Gasteiger partial charge in [0, 0.05) is 12.1 Å². The highest BCUT2D eigenvalue weighted by molar-refractivity contribution is 7.92. The molecule has 0 spiro atoms. The van der Waals surface area contributed by atoms with E-state index in [1.165, 1.54) is 24.3 Å². The molecule has 0 aliphatic carbocycles. The molecule has 0 radical (unpaired) electrons. The number of rotatable bonds is 7. The van der Waals surface area contributed by atoms with Crippen molar-refractivity contribution < 1.29 is 13.2 Å². The van der Waals surface area contributed by atoms with Crippen LogP contribution < -0.4 is 10.0 Å². The number of benzene rings is 3. The fourth-order valence-corrected chi connectivity index (χ4v) is 3.93. The van der Waals surface area contributed by atoms with Crippen LogP contribution in [0, 0.1) is 0 Å². The predicted octanol–water partition coefficient (Wildman–Crippen LogP) is 4.11. The van der Waals surface area contributed by atoms with Crippen LogP contribution in [0.1, 0.15) is 15.9 Å². The average Bonchev–Trinajstić information content (AvgIpc) is 2.71. The molecule has 7 heteroatoms. The summed E-state index contributed by atoms with van der Waals surface area (Å²) in [5, 5.41) is 3.04. The Hall–Kier alpha value is -2.83. The standard InChI is InChI=1S/C21H19ClN2O3S/c22-19-12-11-17(21(25)23-14-13-16-7-3-1-4-8-16)15-20(19)24-28(26,27)18-9-5-2-6-10-18/h1-12,15,24H,13-14H2,(H,23,25). The summed E-state index contributed by atoms with van der Waals surface area (Å²) in [6.07, 6.45) is 0.702. The molecule has 5 nitrogen and oxygen atoms in total. The molecule has 3 aromatic rings. The molecule has 0 aromatic heterocycles. The Kier molecular flexibility index (Phi) is 6.34. The Morgan fingerprint density at radius 1 is 0.893 bits per heavy atom. The molecule has 144 valence electrons. The van der Waals surface area contributed by atoms with Gasteiger partial charge in [0.15, 0.2) is 0 Å². The summed E-state index contributed by atoms with van der Waals surface area (Å²) in [7, 11) is -3.80. The topological polar surface area (TPSA) is 75.3 Å². The molecular weight excluding hydrogens is 396 g/mol. The van der Waals surface area contributed by atoms with Crippen molar-refractivity contribution >= 4 is 33.2 Å². The normalized spacial score (nSPS) is 11.0. The Morgan fingerprint density at radius 3 is 2.21 bits per heavy atom. The highest BCUT2D eigenvalue weighted by atomic mass is 35.5. The van der Waals surface area contributed by atoms with Gasteiger partial charge in [0.2, 0.25) is 0 Å². The van der Waals surface area contributed by atoms with Crippen molar-refractivity contribution in [1.29, 1.82) is 0 Å². The largest absolute Gasteiger partial charge is 0.352 e. The van der Waals surface area contributed by atoms with E-state index in [9.17, 15) is 13.2 Å². The van der Waals surface area contributed by atoms with Gasteiger partial charge >= 0.3 is 0 Å². The van der Waals surface area contributed by atoms with Crippen LogP contribution in [0.3, 0.4) is 0 Å². The third-order valence-corrected chi connectivity index (χ3v) is 5.78. The zero-order valence-electron chi connectivity index (χ0n) is 14.9. The number of amides is 1. The van der Waals surface area contributed by atoms with Crippen molar-refractivity contribution in [2.75, 3.05) is 11.3 Å².